The van der Waals surface area contributed by atoms with Gasteiger partial charge >= 0.3 is 17.9 Å². The average Bonchev–Trinajstić information content (AvgIpc) is 3.27. The standard InChI is InChI=1S/C56H102O6/c1-4-7-10-13-16-19-22-25-28-31-34-37-40-43-46-49-55(58)61-52-53(51-60-54(57)48-45-42-39-36-33-30-27-24-21-18-15-12-9-6-3)62-56(59)50-47-44-41-38-35-32-29-26-23-20-17-14-11-8-5-2/h7,10,16,19,25,28,53H,4-6,8-9,11-15,17-18,20-24,26-27,29-52H2,1-3H3/b10-7-,19-16-,28-25-/t53-/m1/s1. The van der Waals surface area contributed by atoms with Crippen molar-refractivity contribution in [2.24, 2.45) is 0 Å². The monoisotopic (exact) mass is 871 g/mol. The van der Waals surface area contributed by atoms with E-state index in [1.807, 2.05) is 0 Å². The molecule has 0 rings (SSSR count). The van der Waals surface area contributed by atoms with E-state index in [4.69, 9.17) is 14.2 Å². The minimum Gasteiger partial charge on any atom is -0.462 e. The van der Waals surface area contributed by atoms with E-state index in [1.165, 1.54) is 148 Å². The van der Waals surface area contributed by atoms with Crippen molar-refractivity contribution in [3.05, 3.63) is 36.5 Å². The zero-order valence-electron chi connectivity index (χ0n) is 41.4. The van der Waals surface area contributed by atoms with Crippen molar-refractivity contribution in [2.75, 3.05) is 13.2 Å². The number of carbonyl (C=O) groups excluding carboxylic acids is 3. The third-order valence-corrected chi connectivity index (χ3v) is 11.9. The Balaban J connectivity index is 4.36. The van der Waals surface area contributed by atoms with Crippen LogP contribution in [0.3, 0.4) is 0 Å². The highest BCUT2D eigenvalue weighted by molar-refractivity contribution is 5.71. The molecule has 0 aromatic carbocycles. The maximum Gasteiger partial charge on any atom is 0.306 e. The van der Waals surface area contributed by atoms with Gasteiger partial charge in [-0.3, -0.25) is 14.4 Å². The molecule has 0 amide bonds. The molecule has 0 bridgehead atoms. The summed E-state index contributed by atoms with van der Waals surface area (Å²) in [7, 11) is 0. The highest BCUT2D eigenvalue weighted by atomic mass is 16.6. The van der Waals surface area contributed by atoms with Crippen LogP contribution in [0.15, 0.2) is 36.5 Å². The van der Waals surface area contributed by atoms with Crippen LogP contribution in [0.25, 0.3) is 0 Å². The SMILES string of the molecule is CC/C=C\C/C=C\C/C=C\CCCCCCCC(=O)OC[C@@H](COC(=O)CCCCCCCCCCCCCCCC)OC(=O)CCCCCCCCCCCCCCCCC. The normalized spacial score (nSPS) is 12.2. The molecule has 0 unspecified atom stereocenters. The molecule has 0 saturated heterocycles. The quantitative estimate of drug-likeness (QED) is 0.0262. The van der Waals surface area contributed by atoms with E-state index < -0.39 is 6.10 Å². The van der Waals surface area contributed by atoms with Crippen LogP contribution in [0.1, 0.15) is 284 Å². The van der Waals surface area contributed by atoms with Crippen LogP contribution in [0.2, 0.25) is 0 Å². The van der Waals surface area contributed by atoms with Crippen LogP contribution in [-0.2, 0) is 28.6 Å². The summed E-state index contributed by atoms with van der Waals surface area (Å²) >= 11 is 0. The van der Waals surface area contributed by atoms with Gasteiger partial charge < -0.3 is 14.2 Å². The number of ether oxygens (including phenoxy) is 3. The second kappa shape index (κ2) is 51.3. The molecule has 0 aromatic rings. The molecule has 62 heavy (non-hydrogen) atoms. The Morgan fingerprint density at radius 3 is 0.984 bits per heavy atom. The maximum absolute atomic E-state index is 12.8. The van der Waals surface area contributed by atoms with Gasteiger partial charge in [0.2, 0.25) is 0 Å². The predicted molar refractivity (Wildman–Crippen MR) is 266 cm³/mol. The molecular formula is C56H102O6. The summed E-state index contributed by atoms with van der Waals surface area (Å²) in [5.41, 5.74) is 0. The Morgan fingerprint density at radius 2 is 0.629 bits per heavy atom. The Labute approximate surface area is 385 Å². The third-order valence-electron chi connectivity index (χ3n) is 11.9. The summed E-state index contributed by atoms with van der Waals surface area (Å²) in [5.74, 6) is -0.875. The number of unbranched alkanes of at least 4 members (excludes halogenated alkanes) is 32. The molecule has 0 saturated carbocycles. The summed E-state index contributed by atoms with van der Waals surface area (Å²) in [6.07, 6.45) is 59.8. The first kappa shape index (κ1) is 59.6. The first-order valence-electron chi connectivity index (χ1n) is 27.0. The van der Waals surface area contributed by atoms with Crippen LogP contribution >= 0.6 is 0 Å². The number of allylic oxidation sites excluding steroid dienone is 6. The lowest BCUT2D eigenvalue weighted by Crippen LogP contribution is -2.30. The van der Waals surface area contributed by atoms with E-state index in [1.54, 1.807) is 0 Å². The number of esters is 3. The molecule has 0 heterocycles. The molecule has 0 aromatic heterocycles. The highest BCUT2D eigenvalue weighted by Crippen LogP contribution is 2.16. The van der Waals surface area contributed by atoms with E-state index in [9.17, 15) is 14.4 Å². The minimum atomic E-state index is -0.774. The number of hydrogen-bond donors (Lipinski definition) is 0. The number of rotatable bonds is 49. The number of hydrogen-bond acceptors (Lipinski definition) is 6. The van der Waals surface area contributed by atoms with Crippen LogP contribution in [0.5, 0.6) is 0 Å². The van der Waals surface area contributed by atoms with E-state index in [0.717, 1.165) is 96.3 Å². The molecular weight excluding hydrogens is 769 g/mol. The molecule has 0 aliphatic heterocycles. The molecule has 6 nitrogen and oxygen atoms in total. The van der Waals surface area contributed by atoms with Gasteiger partial charge in [0.05, 0.1) is 0 Å². The van der Waals surface area contributed by atoms with Gasteiger partial charge in [0.1, 0.15) is 13.2 Å². The predicted octanol–water partition coefficient (Wildman–Crippen LogP) is 17.7. The largest absolute Gasteiger partial charge is 0.462 e. The topological polar surface area (TPSA) is 78.9 Å². The van der Waals surface area contributed by atoms with Crippen LogP contribution < -0.4 is 0 Å². The Hall–Kier alpha value is -2.37. The zero-order chi connectivity index (χ0) is 45.1. The average molecular weight is 871 g/mol. The Bertz CT molecular complexity index is 1050. The summed E-state index contributed by atoms with van der Waals surface area (Å²) < 4.78 is 16.8. The zero-order valence-corrected chi connectivity index (χ0v) is 41.4. The van der Waals surface area contributed by atoms with Gasteiger partial charge in [0.15, 0.2) is 6.10 Å². The molecule has 0 spiro atoms. The fourth-order valence-corrected chi connectivity index (χ4v) is 7.87. The molecule has 362 valence electrons. The molecule has 1 atom stereocenters. The highest BCUT2D eigenvalue weighted by Gasteiger charge is 2.19. The molecule has 6 heteroatoms. The van der Waals surface area contributed by atoms with Gasteiger partial charge in [-0.2, -0.15) is 0 Å². The van der Waals surface area contributed by atoms with E-state index >= 15 is 0 Å². The Kier molecular flexibility index (Phi) is 49.3. The van der Waals surface area contributed by atoms with Crippen molar-refractivity contribution < 1.29 is 28.6 Å². The summed E-state index contributed by atoms with van der Waals surface area (Å²) in [4.78, 5) is 38.0. The van der Waals surface area contributed by atoms with Gasteiger partial charge in [-0.1, -0.05) is 250 Å². The second-order valence-electron chi connectivity index (χ2n) is 18.1. The van der Waals surface area contributed by atoms with Gasteiger partial charge in [-0.25, -0.2) is 0 Å². The van der Waals surface area contributed by atoms with Crippen LogP contribution in [0.4, 0.5) is 0 Å². The van der Waals surface area contributed by atoms with Gasteiger partial charge in [0.25, 0.3) is 0 Å². The second-order valence-corrected chi connectivity index (χ2v) is 18.1. The number of carbonyl (C=O) groups is 3. The van der Waals surface area contributed by atoms with E-state index in [-0.39, 0.29) is 31.1 Å². The smallest absolute Gasteiger partial charge is 0.306 e. The van der Waals surface area contributed by atoms with Crippen LogP contribution in [0, 0.1) is 0 Å². The minimum absolute atomic E-state index is 0.0731. The van der Waals surface area contributed by atoms with Gasteiger partial charge in [-0.15, -0.1) is 0 Å². The fourth-order valence-electron chi connectivity index (χ4n) is 7.87. The molecule has 0 radical (unpaired) electrons. The van der Waals surface area contributed by atoms with Crippen molar-refractivity contribution in [3.8, 4) is 0 Å². The third kappa shape index (κ3) is 48.7. The van der Waals surface area contributed by atoms with E-state index in [2.05, 4.69) is 57.2 Å². The van der Waals surface area contributed by atoms with Crippen molar-refractivity contribution in [2.45, 2.75) is 290 Å². The van der Waals surface area contributed by atoms with Crippen molar-refractivity contribution in [1.82, 2.24) is 0 Å². The lowest BCUT2D eigenvalue weighted by atomic mass is 10.0. The first-order chi connectivity index (χ1) is 30.5. The molecule has 0 fully saturated rings. The lowest BCUT2D eigenvalue weighted by molar-refractivity contribution is -0.167. The summed E-state index contributed by atoms with van der Waals surface area (Å²) in [6, 6.07) is 0. The first-order valence-corrected chi connectivity index (χ1v) is 27.0. The summed E-state index contributed by atoms with van der Waals surface area (Å²) in [6.45, 7) is 6.55. The molecule has 0 aliphatic carbocycles. The molecule has 0 N–H and O–H groups in total. The van der Waals surface area contributed by atoms with Crippen molar-refractivity contribution in [3.63, 3.8) is 0 Å². The lowest BCUT2D eigenvalue weighted by Gasteiger charge is -2.18. The molecule has 0 aliphatic rings. The van der Waals surface area contributed by atoms with Crippen molar-refractivity contribution in [1.29, 1.82) is 0 Å². The van der Waals surface area contributed by atoms with Crippen LogP contribution in [-0.4, -0.2) is 37.2 Å². The fraction of sp³-hybridized carbons (Fsp3) is 0.839. The summed E-state index contributed by atoms with van der Waals surface area (Å²) in [5, 5.41) is 0. The Morgan fingerprint density at radius 1 is 0.339 bits per heavy atom. The maximum atomic E-state index is 12.8. The van der Waals surface area contributed by atoms with Gasteiger partial charge in [0, 0.05) is 19.3 Å². The van der Waals surface area contributed by atoms with E-state index in [0.29, 0.717) is 19.3 Å². The van der Waals surface area contributed by atoms with Crippen molar-refractivity contribution >= 4 is 17.9 Å². The van der Waals surface area contributed by atoms with Gasteiger partial charge in [-0.05, 0) is 51.4 Å².